The molecular weight excluding hydrogens is 669 g/mol. The van der Waals surface area contributed by atoms with Crippen LogP contribution in [0.5, 0.6) is 0 Å². The number of rotatable bonds is 14. The molecule has 240 valence electrons. The van der Waals surface area contributed by atoms with Gasteiger partial charge in [-0.3, -0.25) is 19.2 Å². The highest BCUT2D eigenvalue weighted by Gasteiger charge is 2.42. The average molecular weight is 722 g/mol. The maximum absolute atomic E-state index is 14.1. The van der Waals surface area contributed by atoms with E-state index in [1.54, 1.807) is 0 Å². The molecule has 0 radical (unpaired) electrons. The zero-order valence-corrected chi connectivity index (χ0v) is 29.4. The third kappa shape index (κ3) is 11.5. The van der Waals surface area contributed by atoms with Gasteiger partial charge >= 0.3 is 6.03 Å². The molecule has 5 amide bonds. The van der Waals surface area contributed by atoms with Gasteiger partial charge in [-0.05, 0) is 59.6 Å². The van der Waals surface area contributed by atoms with Gasteiger partial charge in [-0.15, -0.1) is 0 Å². The highest BCUT2D eigenvalue weighted by atomic mass is 127. The number of nitrogens with two attached hydrogens (primary N) is 1. The molecule has 2 saturated carbocycles. The summed E-state index contributed by atoms with van der Waals surface area (Å²) in [6.45, 7) is 14.3. The van der Waals surface area contributed by atoms with Crippen LogP contribution in [0.25, 0.3) is 0 Å². The molecule has 10 nitrogen and oxygen atoms in total. The van der Waals surface area contributed by atoms with Gasteiger partial charge in [0, 0.05) is 17.0 Å². The minimum atomic E-state index is -1.09. The zero-order valence-electron chi connectivity index (χ0n) is 26.4. The third-order valence-electron chi connectivity index (χ3n) is 7.74. The maximum Gasteiger partial charge on any atom is 0.315 e. The summed E-state index contributed by atoms with van der Waals surface area (Å²) in [6, 6.07) is -2.31. The molecule has 2 fully saturated rings. The lowest BCUT2D eigenvalue weighted by molar-refractivity contribution is -0.142. The Morgan fingerprint density at radius 1 is 1.00 bits per heavy atom. The van der Waals surface area contributed by atoms with Gasteiger partial charge in [0.1, 0.15) is 6.04 Å². The Morgan fingerprint density at radius 3 is 2.07 bits per heavy atom. The van der Waals surface area contributed by atoms with E-state index >= 15 is 0 Å². The second-order valence-electron chi connectivity index (χ2n) is 14.0. The molecule has 0 aromatic rings. The number of primary amides is 1. The van der Waals surface area contributed by atoms with Gasteiger partial charge in [-0.1, -0.05) is 80.6 Å². The summed E-state index contributed by atoms with van der Waals surface area (Å²) in [5.74, 6) is -1.79. The van der Waals surface area contributed by atoms with E-state index in [-0.39, 0.29) is 34.7 Å². The number of amides is 5. The lowest BCUT2D eigenvalue weighted by Crippen LogP contribution is -2.63. The molecule has 0 saturated heterocycles. The van der Waals surface area contributed by atoms with E-state index < -0.39 is 39.1 Å². The van der Waals surface area contributed by atoms with Crippen LogP contribution in [0.15, 0.2) is 0 Å². The minimum Gasteiger partial charge on any atom is -0.363 e. The van der Waals surface area contributed by atoms with Crippen LogP contribution >= 0.6 is 34.4 Å². The quantitative estimate of drug-likeness (QED) is 0.0911. The SMILES string of the molecule is CCCN(C(=O)[C@@H](NC(=O)NC1(CSC(C)(C)C)CCCCC1)C(C)(C)C)[C@@H](I)C(=O)NC(CC1CC1)C(=O)C(N)=O. The number of carbonyl (C=O) groups is 5. The Hall–Kier alpha value is -1.57. The fourth-order valence-corrected chi connectivity index (χ4v) is 6.96. The van der Waals surface area contributed by atoms with Crippen molar-refractivity contribution in [3.05, 3.63) is 0 Å². The molecule has 3 atom stereocenters. The molecule has 0 bridgehead atoms. The average Bonchev–Trinajstić information content (AvgIpc) is 3.71. The molecule has 42 heavy (non-hydrogen) atoms. The lowest BCUT2D eigenvalue weighted by atomic mass is 9.83. The number of nitrogens with one attached hydrogen (secondary N) is 3. The second-order valence-corrected chi connectivity index (χ2v) is 17.0. The largest absolute Gasteiger partial charge is 0.363 e. The van der Waals surface area contributed by atoms with E-state index in [0.717, 1.165) is 50.7 Å². The number of thioether (sulfide) groups is 1. The Bertz CT molecular complexity index is 986. The molecule has 12 heteroatoms. The van der Waals surface area contributed by atoms with Gasteiger partial charge in [0.15, 0.2) is 4.05 Å². The predicted molar refractivity (Wildman–Crippen MR) is 176 cm³/mol. The molecule has 2 rings (SSSR count). The van der Waals surface area contributed by atoms with Crippen molar-refractivity contribution in [1.29, 1.82) is 0 Å². The van der Waals surface area contributed by atoms with Crippen molar-refractivity contribution in [3.8, 4) is 0 Å². The van der Waals surface area contributed by atoms with Crippen molar-refractivity contribution in [2.24, 2.45) is 17.1 Å². The van der Waals surface area contributed by atoms with E-state index in [4.69, 9.17) is 5.73 Å². The van der Waals surface area contributed by atoms with Crippen LogP contribution in [0.1, 0.15) is 106 Å². The summed E-state index contributed by atoms with van der Waals surface area (Å²) in [4.78, 5) is 66.4. The Labute approximate surface area is 269 Å². The van der Waals surface area contributed by atoms with E-state index in [1.165, 1.54) is 4.90 Å². The van der Waals surface area contributed by atoms with E-state index in [1.807, 2.05) is 62.0 Å². The van der Waals surface area contributed by atoms with Gasteiger partial charge in [-0.25, -0.2) is 4.79 Å². The minimum absolute atomic E-state index is 0.0583. The lowest BCUT2D eigenvalue weighted by Gasteiger charge is -2.41. The molecular formula is C30H52IN5O5S. The molecule has 0 heterocycles. The van der Waals surface area contributed by atoms with Gasteiger partial charge < -0.3 is 26.6 Å². The summed E-state index contributed by atoms with van der Waals surface area (Å²) in [5, 5.41) is 8.89. The monoisotopic (exact) mass is 721 g/mol. The third-order valence-corrected chi connectivity index (χ3v) is 10.5. The normalized spacial score (nSPS) is 19.1. The van der Waals surface area contributed by atoms with Gasteiger partial charge in [0.2, 0.25) is 11.7 Å². The van der Waals surface area contributed by atoms with Crippen molar-refractivity contribution < 1.29 is 24.0 Å². The number of Topliss-reactive ketones (excluding diaryl/α,β-unsaturated/α-hetero) is 1. The standard InChI is InChI=1S/C30H52IN5O5S/c1-8-16-36(23(31)25(39)33-20(17-19-12-13-19)21(37)24(32)38)26(40)22(28(2,3)4)34-27(41)35-30(14-10-9-11-15-30)18-42-29(5,6)7/h19-20,22-23H,8-18H2,1-7H3,(H2,32,38)(H,33,39)(H2,34,35,41)/t20?,22-,23-/m1/s1. The van der Waals surface area contributed by atoms with Crippen LogP contribution in [-0.2, 0) is 19.2 Å². The van der Waals surface area contributed by atoms with Gasteiger partial charge in [-0.2, -0.15) is 11.8 Å². The van der Waals surface area contributed by atoms with E-state index in [2.05, 4.69) is 36.7 Å². The fraction of sp³-hybridized carbons (Fsp3) is 0.833. The van der Waals surface area contributed by atoms with Crippen LogP contribution in [0.2, 0.25) is 0 Å². The van der Waals surface area contributed by atoms with Crippen molar-refractivity contribution in [2.75, 3.05) is 12.3 Å². The summed E-state index contributed by atoms with van der Waals surface area (Å²) in [7, 11) is 0. The highest BCUT2D eigenvalue weighted by molar-refractivity contribution is 14.1. The number of hydrogen-bond acceptors (Lipinski definition) is 6. The first-order valence-electron chi connectivity index (χ1n) is 15.2. The molecule has 5 N–H and O–H groups in total. The first-order valence-corrected chi connectivity index (χ1v) is 17.4. The summed E-state index contributed by atoms with van der Waals surface area (Å²) >= 11 is 3.72. The van der Waals surface area contributed by atoms with Crippen molar-refractivity contribution in [1.82, 2.24) is 20.9 Å². The van der Waals surface area contributed by atoms with Crippen LogP contribution in [0.3, 0.4) is 0 Å². The van der Waals surface area contributed by atoms with Crippen molar-refractivity contribution in [2.45, 2.75) is 133 Å². The van der Waals surface area contributed by atoms with Gasteiger partial charge in [0.25, 0.3) is 11.8 Å². The van der Waals surface area contributed by atoms with Gasteiger partial charge in [0.05, 0.1) is 11.6 Å². The van der Waals surface area contributed by atoms with Crippen LogP contribution in [0, 0.1) is 11.3 Å². The molecule has 0 aromatic heterocycles. The highest BCUT2D eigenvalue weighted by Crippen LogP contribution is 2.36. The Kier molecular flexibility index (Phi) is 13.5. The molecule has 2 aliphatic rings. The molecule has 2 aliphatic carbocycles. The van der Waals surface area contributed by atoms with Crippen LogP contribution in [0.4, 0.5) is 4.79 Å². The predicted octanol–water partition coefficient (Wildman–Crippen LogP) is 4.27. The summed E-state index contributed by atoms with van der Waals surface area (Å²) in [6.07, 6.45) is 7.81. The Balaban J connectivity index is 2.21. The maximum atomic E-state index is 14.1. The van der Waals surface area contributed by atoms with Crippen molar-refractivity contribution in [3.63, 3.8) is 0 Å². The smallest absolute Gasteiger partial charge is 0.315 e. The Morgan fingerprint density at radius 2 is 1.60 bits per heavy atom. The van der Waals surface area contributed by atoms with Crippen molar-refractivity contribution >= 4 is 63.9 Å². The number of hydrogen-bond donors (Lipinski definition) is 4. The summed E-state index contributed by atoms with van der Waals surface area (Å²) in [5.41, 5.74) is 4.24. The number of carbonyl (C=O) groups excluding carboxylic acids is 5. The summed E-state index contributed by atoms with van der Waals surface area (Å²) < 4.78 is -0.900. The number of ketones is 1. The van der Waals surface area contributed by atoms with Crippen LogP contribution in [-0.4, -0.2) is 73.2 Å². The number of halogens is 1. The number of urea groups is 1. The zero-order chi connectivity index (χ0) is 31.9. The van der Waals surface area contributed by atoms with Crippen LogP contribution < -0.4 is 21.7 Å². The molecule has 0 spiro atoms. The number of alkyl halides is 1. The molecule has 1 unspecified atom stereocenters. The molecule has 0 aliphatic heterocycles. The number of nitrogens with zero attached hydrogens (tertiary/aromatic N) is 1. The topological polar surface area (TPSA) is 151 Å². The first kappa shape index (κ1) is 36.6. The molecule has 0 aromatic carbocycles. The second kappa shape index (κ2) is 15.4. The van der Waals surface area contributed by atoms with E-state index in [9.17, 15) is 24.0 Å². The first-order chi connectivity index (χ1) is 19.4. The van der Waals surface area contributed by atoms with E-state index in [0.29, 0.717) is 12.8 Å². The fourth-order valence-electron chi connectivity index (χ4n) is 5.16.